The normalized spacial score (nSPS) is 12.3. The lowest BCUT2D eigenvalue weighted by Gasteiger charge is -2.12. The second kappa shape index (κ2) is 5.54. The number of sulfone groups is 1. The number of nitrogen functional groups attached to an aromatic ring is 1. The average molecular weight is 361 g/mol. The zero-order valence-electron chi connectivity index (χ0n) is 11.4. The number of anilines is 1. The Morgan fingerprint density at radius 2 is 1.45 bits per heavy atom. The number of sulfonamides is 1. The summed E-state index contributed by atoms with van der Waals surface area (Å²) >= 11 is 5.97. The molecule has 0 atom stereocenters. The van der Waals surface area contributed by atoms with Crippen LogP contribution in [-0.4, -0.2) is 16.8 Å². The van der Waals surface area contributed by atoms with Crippen molar-refractivity contribution in [1.29, 1.82) is 0 Å². The van der Waals surface area contributed by atoms with E-state index in [1.807, 2.05) is 0 Å². The molecule has 6 nitrogen and oxygen atoms in total. The van der Waals surface area contributed by atoms with Crippen LogP contribution in [0.4, 0.5) is 5.69 Å². The Labute approximate surface area is 133 Å². The molecule has 0 bridgehead atoms. The lowest BCUT2D eigenvalue weighted by atomic mass is 10.2. The molecular weight excluding hydrogens is 348 g/mol. The van der Waals surface area contributed by atoms with Crippen LogP contribution >= 0.6 is 11.6 Å². The van der Waals surface area contributed by atoms with Gasteiger partial charge in [-0.15, -0.1) is 0 Å². The highest BCUT2D eigenvalue weighted by Gasteiger charge is 2.28. The van der Waals surface area contributed by atoms with Gasteiger partial charge in [0.1, 0.15) is 4.90 Å². The smallest absolute Gasteiger partial charge is 0.239 e. The van der Waals surface area contributed by atoms with E-state index in [1.165, 1.54) is 24.3 Å². The summed E-state index contributed by atoms with van der Waals surface area (Å²) in [7, 11) is -8.40. The van der Waals surface area contributed by atoms with Gasteiger partial charge in [0.2, 0.25) is 19.9 Å². The molecule has 22 heavy (non-hydrogen) atoms. The summed E-state index contributed by atoms with van der Waals surface area (Å²) in [5.41, 5.74) is 6.25. The maximum absolute atomic E-state index is 12.7. The van der Waals surface area contributed by atoms with Crippen LogP contribution in [0.2, 0.25) is 5.02 Å². The van der Waals surface area contributed by atoms with Gasteiger partial charge in [0.25, 0.3) is 0 Å². The van der Waals surface area contributed by atoms with Gasteiger partial charge in [-0.2, -0.15) is 0 Å². The van der Waals surface area contributed by atoms with Crippen molar-refractivity contribution in [2.75, 3.05) is 5.73 Å². The number of nitrogens with two attached hydrogens (primary N) is 2. The number of hydrogen-bond donors (Lipinski definition) is 2. The van der Waals surface area contributed by atoms with Crippen LogP contribution in [0.15, 0.2) is 51.1 Å². The Morgan fingerprint density at radius 3 is 2.00 bits per heavy atom. The highest BCUT2D eigenvalue weighted by Crippen LogP contribution is 2.34. The van der Waals surface area contributed by atoms with E-state index in [1.54, 1.807) is 6.92 Å². The monoisotopic (exact) mass is 360 g/mol. The third-order valence-corrected chi connectivity index (χ3v) is 6.54. The summed E-state index contributed by atoms with van der Waals surface area (Å²) < 4.78 is 48.6. The molecule has 9 heteroatoms. The summed E-state index contributed by atoms with van der Waals surface area (Å²) in [5, 5.41) is 5.18. The van der Waals surface area contributed by atoms with Crippen LogP contribution < -0.4 is 10.9 Å². The molecule has 118 valence electrons. The SMILES string of the molecule is Cc1ccc(S(=O)(=O)c2ccccc2S(N)(=O)=O)c(N)c1Cl. The second-order valence-electron chi connectivity index (χ2n) is 4.60. The standard InChI is InChI=1S/C13H13ClN2O4S2/c1-8-6-7-11(13(15)12(8)14)21(17,18)9-4-2-3-5-10(9)22(16,19)20/h2-7H,15H2,1H3,(H2,16,19,20). The summed E-state index contributed by atoms with van der Waals surface area (Å²) in [6.07, 6.45) is 0. The van der Waals surface area contributed by atoms with Gasteiger partial charge < -0.3 is 5.73 Å². The predicted molar refractivity (Wildman–Crippen MR) is 83.9 cm³/mol. The molecule has 2 aromatic rings. The van der Waals surface area contributed by atoms with Crippen LogP contribution in [0.3, 0.4) is 0 Å². The fraction of sp³-hybridized carbons (Fsp3) is 0.0769. The Bertz CT molecular complexity index is 954. The van der Waals surface area contributed by atoms with Crippen molar-refractivity contribution in [2.45, 2.75) is 21.6 Å². The largest absolute Gasteiger partial charge is 0.396 e. The average Bonchev–Trinajstić information content (AvgIpc) is 2.43. The van der Waals surface area contributed by atoms with Crippen LogP contribution in [-0.2, 0) is 19.9 Å². The Balaban J connectivity index is 2.82. The van der Waals surface area contributed by atoms with Gasteiger partial charge in [0.15, 0.2) is 0 Å². The van der Waals surface area contributed by atoms with Gasteiger partial charge in [-0.3, -0.25) is 0 Å². The quantitative estimate of drug-likeness (QED) is 0.807. The van der Waals surface area contributed by atoms with Gasteiger partial charge in [0.05, 0.1) is 20.5 Å². The third kappa shape index (κ3) is 2.82. The fourth-order valence-electron chi connectivity index (χ4n) is 1.94. The van der Waals surface area contributed by atoms with E-state index in [4.69, 9.17) is 22.5 Å². The molecule has 0 aromatic heterocycles. The van der Waals surface area contributed by atoms with Crippen molar-refractivity contribution in [2.24, 2.45) is 5.14 Å². The fourth-order valence-corrected chi connectivity index (χ4v) is 4.93. The van der Waals surface area contributed by atoms with Gasteiger partial charge in [-0.05, 0) is 30.7 Å². The van der Waals surface area contributed by atoms with Crippen molar-refractivity contribution in [3.63, 3.8) is 0 Å². The van der Waals surface area contributed by atoms with E-state index >= 15 is 0 Å². The molecule has 0 unspecified atom stereocenters. The molecule has 0 aliphatic carbocycles. The number of aryl methyl sites for hydroxylation is 1. The van der Waals surface area contributed by atoms with Crippen molar-refractivity contribution < 1.29 is 16.8 Å². The van der Waals surface area contributed by atoms with E-state index in [2.05, 4.69) is 0 Å². The maximum atomic E-state index is 12.7. The number of halogens is 1. The number of rotatable bonds is 3. The predicted octanol–water partition coefficient (Wildman–Crippen LogP) is 1.71. The van der Waals surface area contributed by atoms with Gasteiger partial charge >= 0.3 is 0 Å². The summed E-state index contributed by atoms with van der Waals surface area (Å²) in [6.45, 7) is 1.67. The molecule has 0 amide bonds. The maximum Gasteiger partial charge on any atom is 0.239 e. The lowest BCUT2D eigenvalue weighted by Crippen LogP contribution is -2.17. The van der Waals surface area contributed by atoms with E-state index in [0.29, 0.717) is 5.56 Å². The highest BCUT2D eigenvalue weighted by atomic mass is 35.5. The zero-order chi connectivity index (χ0) is 16.7. The van der Waals surface area contributed by atoms with Crippen molar-refractivity contribution in [3.8, 4) is 0 Å². The lowest BCUT2D eigenvalue weighted by molar-refractivity contribution is 0.583. The molecule has 0 aliphatic heterocycles. The molecule has 2 rings (SSSR count). The Hall–Kier alpha value is -1.61. The minimum Gasteiger partial charge on any atom is -0.396 e. The molecule has 0 fully saturated rings. The molecule has 0 aliphatic rings. The van der Waals surface area contributed by atoms with Gasteiger partial charge in [-0.25, -0.2) is 22.0 Å². The Kier molecular flexibility index (Phi) is 4.22. The zero-order valence-corrected chi connectivity index (χ0v) is 13.8. The summed E-state index contributed by atoms with van der Waals surface area (Å²) in [6, 6.07) is 7.82. The van der Waals surface area contributed by atoms with Crippen molar-refractivity contribution >= 4 is 37.1 Å². The van der Waals surface area contributed by atoms with Crippen molar-refractivity contribution in [1.82, 2.24) is 0 Å². The number of primary sulfonamides is 1. The molecule has 0 radical (unpaired) electrons. The summed E-state index contributed by atoms with van der Waals surface area (Å²) in [5.74, 6) is 0. The van der Waals surface area contributed by atoms with Gasteiger partial charge in [0, 0.05) is 0 Å². The van der Waals surface area contributed by atoms with E-state index in [0.717, 1.165) is 12.1 Å². The van der Waals surface area contributed by atoms with E-state index in [9.17, 15) is 16.8 Å². The molecule has 0 saturated carbocycles. The number of hydrogen-bond acceptors (Lipinski definition) is 5. The molecule has 4 N–H and O–H groups in total. The highest BCUT2D eigenvalue weighted by molar-refractivity contribution is 7.93. The molecule has 0 saturated heterocycles. The minimum absolute atomic E-state index is 0.106. The molecule has 2 aromatic carbocycles. The van der Waals surface area contributed by atoms with Crippen LogP contribution in [0.5, 0.6) is 0 Å². The first-order chi connectivity index (χ1) is 10.1. The van der Waals surface area contributed by atoms with Crippen molar-refractivity contribution in [3.05, 3.63) is 47.0 Å². The third-order valence-electron chi connectivity index (χ3n) is 3.07. The molecule has 0 spiro atoms. The molecular formula is C13H13ClN2O4S2. The van der Waals surface area contributed by atoms with Crippen LogP contribution in [0.1, 0.15) is 5.56 Å². The topological polar surface area (TPSA) is 120 Å². The second-order valence-corrected chi connectivity index (χ2v) is 8.40. The first kappa shape index (κ1) is 16.8. The van der Waals surface area contributed by atoms with Crippen LogP contribution in [0.25, 0.3) is 0 Å². The summed E-state index contributed by atoms with van der Waals surface area (Å²) in [4.78, 5) is -1.20. The minimum atomic E-state index is -4.21. The first-order valence-corrected chi connectivity index (χ1v) is 9.39. The van der Waals surface area contributed by atoms with E-state index < -0.39 is 29.7 Å². The van der Waals surface area contributed by atoms with Gasteiger partial charge in [-0.1, -0.05) is 29.8 Å². The molecule has 0 heterocycles. The van der Waals surface area contributed by atoms with Crippen LogP contribution in [0, 0.1) is 6.92 Å². The first-order valence-electron chi connectivity index (χ1n) is 5.98. The Morgan fingerprint density at radius 1 is 0.909 bits per heavy atom. The number of benzene rings is 2. The van der Waals surface area contributed by atoms with E-state index in [-0.39, 0.29) is 15.6 Å².